The zero-order valence-electron chi connectivity index (χ0n) is 28.9. The fraction of sp³-hybridized carbons (Fsp3) is 0.500. The molecule has 2 aromatic carbocycles. The Labute approximate surface area is 307 Å². The highest BCUT2D eigenvalue weighted by Gasteiger charge is 2.56. The quantitative estimate of drug-likeness (QED) is 0.0726. The molecule has 2 amide bonds. The summed E-state index contributed by atoms with van der Waals surface area (Å²) in [6.45, 7) is -0.356. The van der Waals surface area contributed by atoms with Gasteiger partial charge in [-0.15, -0.1) is 0 Å². The molecule has 11 atom stereocenters. The van der Waals surface area contributed by atoms with Crippen LogP contribution in [0.1, 0.15) is 29.4 Å². The molecule has 0 aliphatic carbocycles. The van der Waals surface area contributed by atoms with Crippen LogP contribution in [0.3, 0.4) is 0 Å². The Balaban J connectivity index is 1.25. The number of aromatic nitrogens is 3. The number of nitrogens with zero attached hydrogens (tertiary/aromatic N) is 2. The van der Waals surface area contributed by atoms with Crippen LogP contribution in [0.2, 0.25) is 0 Å². The van der Waals surface area contributed by atoms with Gasteiger partial charge in [0.05, 0.1) is 43.4 Å². The number of rotatable bonds is 16. The lowest BCUT2D eigenvalue weighted by Gasteiger charge is -2.47. The number of aliphatic carboxylic acids is 1. The molecule has 10 N–H and O–H groups in total. The van der Waals surface area contributed by atoms with E-state index < -0.39 is 104 Å². The lowest BCUT2D eigenvalue weighted by Crippen LogP contribution is -2.68. The first-order valence-electron chi connectivity index (χ1n) is 16.9. The van der Waals surface area contributed by atoms with Gasteiger partial charge in [0.25, 0.3) is 11.7 Å². The van der Waals surface area contributed by atoms with Gasteiger partial charge in [0, 0.05) is 31.9 Å². The van der Waals surface area contributed by atoms with E-state index in [0.717, 1.165) is 6.92 Å². The van der Waals surface area contributed by atoms with Gasteiger partial charge in [-0.3, -0.25) is 9.59 Å². The third kappa shape index (κ3) is 9.92. The first-order chi connectivity index (χ1) is 25.8. The monoisotopic (exact) mass is 761 g/mol. The summed E-state index contributed by atoms with van der Waals surface area (Å²) in [4.78, 5) is 37.7. The van der Waals surface area contributed by atoms with Gasteiger partial charge in [0.1, 0.15) is 48.1 Å². The molecule has 3 heterocycles. The highest BCUT2D eigenvalue weighted by Crippen LogP contribution is 2.35. The predicted octanol–water partition coefficient (Wildman–Crippen LogP) is -2.43. The van der Waals surface area contributed by atoms with Crippen LogP contribution in [-0.4, -0.2) is 156 Å². The number of carbonyl (C=O) groups excluding carboxylic acids is 2. The molecule has 2 saturated heterocycles. The Morgan fingerprint density at radius 1 is 1.02 bits per heavy atom. The van der Waals surface area contributed by atoms with Crippen molar-refractivity contribution in [2.45, 2.75) is 86.7 Å². The van der Waals surface area contributed by atoms with Gasteiger partial charge < -0.3 is 70.1 Å². The number of carboxylic acids is 1. The van der Waals surface area contributed by atoms with Crippen molar-refractivity contribution in [1.29, 1.82) is 0 Å². The van der Waals surface area contributed by atoms with Crippen LogP contribution in [-0.2, 0) is 35.0 Å². The van der Waals surface area contributed by atoms with Crippen molar-refractivity contribution in [3.05, 3.63) is 72.1 Å². The van der Waals surface area contributed by atoms with Crippen LogP contribution in [0.5, 0.6) is 11.5 Å². The average molecular weight is 762 g/mol. The number of hydrogen-bond donors (Lipinski definition) is 10. The van der Waals surface area contributed by atoms with Gasteiger partial charge in [0.2, 0.25) is 5.91 Å². The maximum atomic E-state index is 13.0. The molecule has 5 rings (SSSR count). The number of ether oxygens (including phenoxy) is 5. The molecule has 1 aromatic heterocycles. The van der Waals surface area contributed by atoms with Gasteiger partial charge in [-0.2, -0.15) is 15.4 Å². The standard InChI is InChI=1S/C34H43N5O15/c1-17(40)37-25-22(41)13-34(33(48)49,51-16-24-27(44)28(45)29(46)32(53-24)50-11-10-19-14-36-39-38-19)54-30(25)26(43)23(42)15-35-31(47)18-6-5-9-21(12-18)52-20-7-3-2-4-8-20/h2-9,12,14,22-30,32,41-46H,10-11,13,15-16H2,1H3,(H,35,47)(H,37,40)(H,48,49)(H,36,38,39)/t22-,23+,24+,25+,26+,27-,28-,29+,30+,32+,34+/m0/s1. The summed E-state index contributed by atoms with van der Waals surface area (Å²) in [6.07, 6.45) is -14.9. The van der Waals surface area contributed by atoms with E-state index in [1.165, 1.54) is 18.3 Å². The van der Waals surface area contributed by atoms with Crippen molar-refractivity contribution in [2.75, 3.05) is 19.8 Å². The average Bonchev–Trinajstić information content (AvgIpc) is 3.68. The molecule has 20 heteroatoms. The third-order valence-electron chi connectivity index (χ3n) is 8.80. The molecule has 0 spiro atoms. The number of carboxylic acid groups (broad SMARTS) is 1. The maximum Gasteiger partial charge on any atom is 0.364 e. The summed E-state index contributed by atoms with van der Waals surface area (Å²) >= 11 is 0. The number of aliphatic hydroxyl groups excluding tert-OH is 6. The van der Waals surface area contributed by atoms with E-state index in [-0.39, 0.29) is 18.6 Å². The summed E-state index contributed by atoms with van der Waals surface area (Å²) in [5.41, 5.74) is 0.676. The van der Waals surface area contributed by atoms with Crippen LogP contribution in [0.15, 0.2) is 60.8 Å². The second kappa shape index (κ2) is 18.1. The highest BCUT2D eigenvalue weighted by atomic mass is 16.7. The van der Waals surface area contributed by atoms with Gasteiger partial charge in [-0.1, -0.05) is 24.3 Å². The van der Waals surface area contributed by atoms with Gasteiger partial charge in [-0.25, -0.2) is 4.79 Å². The molecule has 3 aromatic rings. The first-order valence-corrected chi connectivity index (χ1v) is 16.9. The predicted molar refractivity (Wildman–Crippen MR) is 179 cm³/mol. The first kappa shape index (κ1) is 40.6. The van der Waals surface area contributed by atoms with Crippen molar-refractivity contribution in [3.8, 4) is 11.5 Å². The smallest absolute Gasteiger partial charge is 0.364 e. The molecule has 0 saturated carbocycles. The zero-order chi connectivity index (χ0) is 39.0. The number of aromatic amines is 1. The second-order valence-electron chi connectivity index (χ2n) is 12.8. The Morgan fingerprint density at radius 3 is 2.44 bits per heavy atom. The van der Waals surface area contributed by atoms with Crippen LogP contribution in [0.25, 0.3) is 0 Å². The second-order valence-corrected chi connectivity index (χ2v) is 12.8. The fourth-order valence-corrected chi connectivity index (χ4v) is 5.95. The molecule has 0 radical (unpaired) electrons. The van der Waals surface area contributed by atoms with E-state index in [1.807, 2.05) is 6.07 Å². The summed E-state index contributed by atoms with van der Waals surface area (Å²) in [5, 5.41) is 89.9. The molecule has 54 heavy (non-hydrogen) atoms. The van der Waals surface area contributed by atoms with Gasteiger partial charge in [-0.05, 0) is 30.3 Å². The molecule has 0 unspecified atom stereocenters. The van der Waals surface area contributed by atoms with E-state index in [9.17, 15) is 50.1 Å². The third-order valence-corrected chi connectivity index (χ3v) is 8.80. The molecular formula is C34H43N5O15. The van der Waals surface area contributed by atoms with E-state index in [4.69, 9.17) is 23.7 Å². The fourth-order valence-electron chi connectivity index (χ4n) is 5.95. The lowest BCUT2D eigenvalue weighted by atomic mass is 9.88. The van der Waals surface area contributed by atoms with Gasteiger partial charge >= 0.3 is 5.97 Å². The zero-order valence-corrected chi connectivity index (χ0v) is 28.9. The lowest BCUT2D eigenvalue weighted by molar-refractivity contribution is -0.338. The molecule has 294 valence electrons. The summed E-state index contributed by atoms with van der Waals surface area (Å²) in [7, 11) is 0. The van der Waals surface area contributed by atoms with Crippen molar-refractivity contribution < 1.29 is 73.8 Å². The molecule has 2 aliphatic heterocycles. The minimum absolute atomic E-state index is 0.0546. The van der Waals surface area contributed by atoms with Gasteiger partial charge in [0.15, 0.2) is 6.29 Å². The SMILES string of the molecule is CC(=O)N[C@H]1[C@H]([C@H](O)[C@H](O)CNC(=O)c2cccc(Oc3ccccc3)c2)O[C@@](OC[C@H]2O[C@@H](OCCc3cn[nH]n3)[C@H](O)[C@@H](O)[C@H]2O)(C(=O)O)C[C@@H]1O. The summed E-state index contributed by atoms with van der Waals surface area (Å²) < 4.78 is 28.2. The van der Waals surface area contributed by atoms with Crippen LogP contribution < -0.4 is 15.4 Å². The molecule has 0 bridgehead atoms. The van der Waals surface area contributed by atoms with E-state index >= 15 is 0 Å². The summed E-state index contributed by atoms with van der Waals surface area (Å²) in [6, 6.07) is 13.5. The maximum absolute atomic E-state index is 13.0. The number of aliphatic hydroxyl groups is 6. The normalized spacial score (nSPS) is 29.5. The van der Waals surface area contributed by atoms with E-state index in [0.29, 0.717) is 17.2 Å². The number of amides is 2. The summed E-state index contributed by atoms with van der Waals surface area (Å²) in [5.74, 6) is -5.03. The number of H-pyrrole nitrogens is 1. The topological polar surface area (TPSA) is 305 Å². The molecule has 2 fully saturated rings. The number of hydrogen-bond acceptors (Lipinski definition) is 16. The van der Waals surface area contributed by atoms with Crippen molar-refractivity contribution in [1.82, 2.24) is 26.0 Å². The minimum atomic E-state index is -2.77. The molecule has 20 nitrogen and oxygen atoms in total. The van der Waals surface area contributed by atoms with E-state index in [1.54, 1.807) is 36.4 Å². The van der Waals surface area contributed by atoms with Crippen molar-refractivity contribution in [3.63, 3.8) is 0 Å². The van der Waals surface area contributed by atoms with Crippen molar-refractivity contribution >= 4 is 17.8 Å². The molecule has 2 aliphatic rings. The number of nitrogens with one attached hydrogen (secondary N) is 3. The number of carbonyl (C=O) groups is 3. The molecular weight excluding hydrogens is 718 g/mol. The largest absolute Gasteiger partial charge is 0.477 e. The highest BCUT2D eigenvalue weighted by molar-refractivity contribution is 5.94. The van der Waals surface area contributed by atoms with E-state index in [2.05, 4.69) is 26.0 Å². The van der Waals surface area contributed by atoms with Crippen LogP contribution in [0.4, 0.5) is 0 Å². The Morgan fingerprint density at radius 2 is 1.76 bits per heavy atom. The number of benzene rings is 2. The number of para-hydroxylation sites is 1. The van der Waals surface area contributed by atoms with Crippen LogP contribution in [0, 0.1) is 0 Å². The Kier molecular flexibility index (Phi) is 13.6. The Hall–Kier alpha value is -4.61. The van der Waals surface area contributed by atoms with Crippen LogP contribution >= 0.6 is 0 Å². The minimum Gasteiger partial charge on any atom is -0.477 e. The van der Waals surface area contributed by atoms with Crippen molar-refractivity contribution in [2.24, 2.45) is 0 Å². The Bertz CT molecular complexity index is 1690.